The maximum atomic E-state index is 10.6. The molecule has 0 N–H and O–H groups in total. The van der Waals surface area contributed by atoms with E-state index >= 15 is 0 Å². The van der Waals surface area contributed by atoms with Gasteiger partial charge >= 0.3 is 0 Å². The van der Waals surface area contributed by atoms with E-state index in [9.17, 15) is 4.79 Å². The molecule has 1 aliphatic rings. The second kappa shape index (κ2) is 3.09. The monoisotopic (exact) mass is 178 g/mol. The minimum atomic E-state index is 0.550. The maximum absolute atomic E-state index is 10.6. The first-order valence-electron chi connectivity index (χ1n) is 4.16. The van der Waals surface area contributed by atoms with E-state index in [2.05, 4.69) is 0 Å². The van der Waals surface area contributed by atoms with E-state index in [4.69, 9.17) is 9.47 Å². The van der Waals surface area contributed by atoms with Gasteiger partial charge in [0.15, 0.2) is 11.5 Å². The molecule has 0 fully saturated rings. The number of hydrogen-bond donors (Lipinski definition) is 0. The average Bonchev–Trinajstić information content (AvgIpc) is 2.17. The molecule has 1 aromatic rings. The lowest BCUT2D eigenvalue weighted by Crippen LogP contribution is -2.15. The molecule has 0 unspecified atom stereocenters. The number of fused-ring (bicyclic) bond motifs is 1. The summed E-state index contributed by atoms with van der Waals surface area (Å²) < 4.78 is 10.7. The fourth-order valence-corrected chi connectivity index (χ4v) is 1.33. The van der Waals surface area contributed by atoms with Gasteiger partial charge in [-0.2, -0.15) is 0 Å². The zero-order valence-corrected chi connectivity index (χ0v) is 7.37. The van der Waals surface area contributed by atoms with Gasteiger partial charge in [-0.15, -0.1) is 0 Å². The van der Waals surface area contributed by atoms with Gasteiger partial charge in [0.25, 0.3) is 0 Å². The van der Waals surface area contributed by atoms with E-state index in [0.717, 1.165) is 17.6 Å². The molecule has 0 aliphatic carbocycles. The summed E-state index contributed by atoms with van der Waals surface area (Å²) in [5, 5.41) is 0. The number of aryl methyl sites for hydroxylation is 1. The molecule has 0 atom stereocenters. The zero-order chi connectivity index (χ0) is 9.26. The topological polar surface area (TPSA) is 35.5 Å². The van der Waals surface area contributed by atoms with E-state index in [0.29, 0.717) is 24.5 Å². The Hall–Kier alpha value is -1.51. The van der Waals surface area contributed by atoms with Gasteiger partial charge in [0.2, 0.25) is 0 Å². The molecule has 0 saturated carbocycles. The SMILES string of the molecule is Cc1cc2c(cc1C=O)OCCO2. The predicted octanol–water partition coefficient (Wildman–Crippen LogP) is 1.58. The lowest BCUT2D eigenvalue weighted by atomic mass is 10.1. The van der Waals surface area contributed by atoms with Crippen LogP contribution in [0.2, 0.25) is 0 Å². The molecule has 3 nitrogen and oxygen atoms in total. The minimum absolute atomic E-state index is 0.550. The van der Waals surface area contributed by atoms with Gasteiger partial charge < -0.3 is 9.47 Å². The van der Waals surface area contributed by atoms with Crippen molar-refractivity contribution in [3.8, 4) is 11.5 Å². The molecule has 0 saturated heterocycles. The van der Waals surface area contributed by atoms with Crippen LogP contribution in [0, 0.1) is 6.92 Å². The van der Waals surface area contributed by atoms with Crippen LogP contribution in [0.3, 0.4) is 0 Å². The van der Waals surface area contributed by atoms with Gasteiger partial charge in [-0.05, 0) is 24.6 Å². The summed E-state index contributed by atoms with van der Waals surface area (Å²) >= 11 is 0. The number of benzene rings is 1. The Morgan fingerprint density at radius 1 is 1.23 bits per heavy atom. The molecular formula is C10H10O3. The molecule has 1 aromatic carbocycles. The van der Waals surface area contributed by atoms with Crippen LogP contribution in [-0.4, -0.2) is 19.5 Å². The first-order valence-corrected chi connectivity index (χ1v) is 4.16. The van der Waals surface area contributed by atoms with Crippen LogP contribution in [0.25, 0.3) is 0 Å². The van der Waals surface area contributed by atoms with Crippen molar-refractivity contribution in [3.63, 3.8) is 0 Å². The van der Waals surface area contributed by atoms with Crippen LogP contribution in [0.5, 0.6) is 11.5 Å². The summed E-state index contributed by atoms with van der Waals surface area (Å²) in [5.74, 6) is 1.40. The molecule has 2 rings (SSSR count). The number of aldehydes is 1. The van der Waals surface area contributed by atoms with Crippen molar-refractivity contribution in [3.05, 3.63) is 23.3 Å². The van der Waals surface area contributed by atoms with Crippen molar-refractivity contribution in [1.29, 1.82) is 0 Å². The smallest absolute Gasteiger partial charge is 0.162 e. The third kappa shape index (κ3) is 1.37. The average molecular weight is 178 g/mol. The lowest BCUT2D eigenvalue weighted by Gasteiger charge is -2.19. The highest BCUT2D eigenvalue weighted by atomic mass is 16.6. The molecule has 13 heavy (non-hydrogen) atoms. The molecule has 0 aromatic heterocycles. The van der Waals surface area contributed by atoms with E-state index in [1.807, 2.05) is 13.0 Å². The molecule has 68 valence electrons. The van der Waals surface area contributed by atoms with Gasteiger partial charge in [0.05, 0.1) is 0 Å². The lowest BCUT2D eigenvalue weighted by molar-refractivity contribution is 0.112. The van der Waals surface area contributed by atoms with Crippen LogP contribution < -0.4 is 9.47 Å². The number of ether oxygens (including phenoxy) is 2. The highest BCUT2D eigenvalue weighted by molar-refractivity contribution is 5.79. The second-order valence-corrected chi connectivity index (χ2v) is 2.97. The molecule has 0 spiro atoms. The third-order valence-electron chi connectivity index (χ3n) is 2.06. The Bertz CT molecular complexity index is 344. The quantitative estimate of drug-likeness (QED) is 0.612. The Morgan fingerprint density at radius 2 is 1.85 bits per heavy atom. The van der Waals surface area contributed by atoms with Crippen molar-refractivity contribution in [2.45, 2.75) is 6.92 Å². The largest absolute Gasteiger partial charge is 0.486 e. The van der Waals surface area contributed by atoms with Crippen LogP contribution in [-0.2, 0) is 0 Å². The molecule has 0 amide bonds. The normalized spacial score (nSPS) is 13.9. The Balaban J connectivity index is 2.50. The minimum Gasteiger partial charge on any atom is -0.486 e. The first-order chi connectivity index (χ1) is 6.31. The van der Waals surface area contributed by atoms with E-state index < -0.39 is 0 Å². The number of rotatable bonds is 1. The first kappa shape index (κ1) is 8.10. The summed E-state index contributed by atoms with van der Waals surface area (Å²) in [6, 6.07) is 3.55. The highest BCUT2D eigenvalue weighted by Crippen LogP contribution is 2.32. The molecule has 0 bridgehead atoms. The molecule has 3 heteroatoms. The van der Waals surface area contributed by atoms with E-state index in [1.165, 1.54) is 0 Å². The molecule has 0 radical (unpaired) electrons. The summed E-state index contributed by atoms with van der Waals surface area (Å²) in [6.07, 6.45) is 0.827. The number of hydrogen-bond acceptors (Lipinski definition) is 3. The zero-order valence-electron chi connectivity index (χ0n) is 7.37. The van der Waals surface area contributed by atoms with E-state index in [1.54, 1.807) is 6.07 Å². The van der Waals surface area contributed by atoms with Gasteiger partial charge in [-0.1, -0.05) is 0 Å². The van der Waals surface area contributed by atoms with Crippen LogP contribution in [0.15, 0.2) is 12.1 Å². The Kier molecular flexibility index (Phi) is 1.93. The predicted molar refractivity (Wildman–Crippen MR) is 47.6 cm³/mol. The standard InChI is InChI=1S/C10H10O3/c1-7-4-9-10(5-8(7)6-11)13-3-2-12-9/h4-6H,2-3H2,1H3. The van der Waals surface area contributed by atoms with Crippen LogP contribution in [0.4, 0.5) is 0 Å². The van der Waals surface area contributed by atoms with E-state index in [-0.39, 0.29) is 0 Å². The van der Waals surface area contributed by atoms with Gasteiger partial charge in [-0.25, -0.2) is 0 Å². The molecule has 1 heterocycles. The third-order valence-corrected chi connectivity index (χ3v) is 2.06. The van der Waals surface area contributed by atoms with Crippen molar-refractivity contribution in [2.75, 3.05) is 13.2 Å². The number of carbonyl (C=O) groups is 1. The summed E-state index contributed by atoms with van der Waals surface area (Å²) in [4.78, 5) is 10.6. The van der Waals surface area contributed by atoms with Crippen molar-refractivity contribution in [2.24, 2.45) is 0 Å². The van der Waals surface area contributed by atoms with Gasteiger partial charge in [-0.3, -0.25) is 4.79 Å². The fourth-order valence-electron chi connectivity index (χ4n) is 1.33. The fraction of sp³-hybridized carbons (Fsp3) is 0.300. The number of carbonyl (C=O) groups excluding carboxylic acids is 1. The van der Waals surface area contributed by atoms with Crippen molar-refractivity contribution in [1.82, 2.24) is 0 Å². The molecule has 1 aliphatic heterocycles. The summed E-state index contributed by atoms with van der Waals surface area (Å²) in [6.45, 7) is 3.00. The van der Waals surface area contributed by atoms with Crippen LogP contribution in [0.1, 0.15) is 15.9 Å². The summed E-state index contributed by atoms with van der Waals surface area (Å²) in [7, 11) is 0. The van der Waals surface area contributed by atoms with Crippen molar-refractivity contribution < 1.29 is 14.3 Å². The van der Waals surface area contributed by atoms with Crippen LogP contribution >= 0.6 is 0 Å². The Labute approximate surface area is 76.3 Å². The summed E-state index contributed by atoms with van der Waals surface area (Å²) in [5.41, 5.74) is 1.57. The van der Waals surface area contributed by atoms with Gasteiger partial charge in [0.1, 0.15) is 19.5 Å². The second-order valence-electron chi connectivity index (χ2n) is 2.97. The van der Waals surface area contributed by atoms with Crippen molar-refractivity contribution >= 4 is 6.29 Å². The highest BCUT2D eigenvalue weighted by Gasteiger charge is 2.13. The Morgan fingerprint density at radius 3 is 2.46 bits per heavy atom. The molecular weight excluding hydrogens is 168 g/mol. The van der Waals surface area contributed by atoms with Gasteiger partial charge in [0, 0.05) is 5.56 Å². The maximum Gasteiger partial charge on any atom is 0.162 e.